The molecule has 0 aliphatic rings. The molecule has 1 heterocycles. The molecule has 0 radical (unpaired) electrons. The van der Waals surface area contributed by atoms with Gasteiger partial charge in [-0.3, -0.25) is 4.79 Å². The molecule has 1 amide bonds. The van der Waals surface area contributed by atoms with Gasteiger partial charge in [-0.2, -0.15) is 0 Å². The molecule has 0 aliphatic carbocycles. The fraction of sp³-hybridized carbons (Fsp3) is 0. The molecule has 4 nitrogen and oxygen atoms in total. The largest absolute Gasteiger partial charge is 0.422 e. The standard InChI is InChI=1S/C16H9Br2NO3/c17-10-1-4-12(5-2-10)19-15(20)13-8-9-7-11(18)3-6-14(9)22-16(13)21/h1-8H,(H,19,20). The quantitative estimate of drug-likeness (QED) is 0.615. The molecule has 0 bridgehead atoms. The fourth-order valence-corrected chi connectivity index (χ4v) is 2.63. The number of amides is 1. The summed E-state index contributed by atoms with van der Waals surface area (Å²) in [5.74, 6) is -0.502. The lowest BCUT2D eigenvalue weighted by Gasteiger charge is -2.05. The van der Waals surface area contributed by atoms with Crippen molar-refractivity contribution < 1.29 is 9.21 Å². The first-order valence-corrected chi connectivity index (χ1v) is 7.92. The third-order valence-corrected chi connectivity index (χ3v) is 4.06. The van der Waals surface area contributed by atoms with Gasteiger partial charge in [-0.05, 0) is 48.5 Å². The molecule has 0 fully saturated rings. The Morgan fingerprint density at radius 2 is 1.64 bits per heavy atom. The van der Waals surface area contributed by atoms with E-state index in [9.17, 15) is 9.59 Å². The number of nitrogens with one attached hydrogen (secondary N) is 1. The number of fused-ring (bicyclic) bond motifs is 1. The van der Waals surface area contributed by atoms with Crippen LogP contribution in [0, 0.1) is 0 Å². The monoisotopic (exact) mass is 421 g/mol. The molecule has 0 atom stereocenters. The van der Waals surface area contributed by atoms with Crippen molar-refractivity contribution >= 4 is 54.4 Å². The molecule has 110 valence electrons. The van der Waals surface area contributed by atoms with Gasteiger partial charge in [-0.1, -0.05) is 31.9 Å². The number of hydrogen-bond donors (Lipinski definition) is 1. The van der Waals surface area contributed by atoms with Crippen molar-refractivity contribution in [2.75, 3.05) is 5.32 Å². The molecular weight excluding hydrogens is 414 g/mol. The van der Waals surface area contributed by atoms with Crippen LogP contribution in [0.1, 0.15) is 10.4 Å². The van der Waals surface area contributed by atoms with Crippen molar-refractivity contribution in [3.8, 4) is 0 Å². The third-order valence-electron chi connectivity index (χ3n) is 3.04. The highest BCUT2D eigenvalue weighted by atomic mass is 79.9. The number of benzene rings is 2. The zero-order chi connectivity index (χ0) is 15.7. The average Bonchev–Trinajstić information content (AvgIpc) is 2.49. The Hall–Kier alpha value is -1.92. The molecule has 0 saturated heterocycles. The average molecular weight is 423 g/mol. The van der Waals surface area contributed by atoms with E-state index in [1.165, 1.54) is 6.07 Å². The van der Waals surface area contributed by atoms with Crippen molar-refractivity contribution in [2.45, 2.75) is 0 Å². The molecule has 2 aromatic carbocycles. The Kier molecular flexibility index (Phi) is 4.13. The summed E-state index contributed by atoms with van der Waals surface area (Å²) in [7, 11) is 0. The molecule has 1 aromatic heterocycles. The van der Waals surface area contributed by atoms with Crippen LogP contribution < -0.4 is 10.9 Å². The topological polar surface area (TPSA) is 59.3 Å². The Morgan fingerprint density at radius 1 is 0.955 bits per heavy atom. The minimum atomic E-state index is -0.663. The van der Waals surface area contributed by atoms with Crippen molar-refractivity contribution in [2.24, 2.45) is 0 Å². The summed E-state index contributed by atoms with van der Waals surface area (Å²) in [5.41, 5.74) is 0.341. The lowest BCUT2D eigenvalue weighted by molar-refractivity contribution is 0.102. The third kappa shape index (κ3) is 3.13. The first-order chi connectivity index (χ1) is 10.5. The van der Waals surface area contributed by atoms with E-state index < -0.39 is 11.5 Å². The minimum Gasteiger partial charge on any atom is -0.422 e. The van der Waals surface area contributed by atoms with Gasteiger partial charge in [0.05, 0.1) is 0 Å². The van der Waals surface area contributed by atoms with E-state index in [0.29, 0.717) is 16.7 Å². The van der Waals surface area contributed by atoms with E-state index in [-0.39, 0.29) is 5.56 Å². The van der Waals surface area contributed by atoms with Gasteiger partial charge in [0.2, 0.25) is 0 Å². The van der Waals surface area contributed by atoms with Crippen LogP contribution in [0.25, 0.3) is 11.0 Å². The predicted molar refractivity (Wildman–Crippen MR) is 92.3 cm³/mol. The highest BCUT2D eigenvalue weighted by Crippen LogP contribution is 2.20. The maximum atomic E-state index is 12.3. The van der Waals surface area contributed by atoms with Crippen LogP contribution in [0.2, 0.25) is 0 Å². The summed E-state index contributed by atoms with van der Waals surface area (Å²) < 4.78 is 6.93. The number of rotatable bonds is 2. The first-order valence-electron chi connectivity index (χ1n) is 6.33. The van der Waals surface area contributed by atoms with Gasteiger partial charge in [0.25, 0.3) is 5.91 Å². The molecule has 0 saturated carbocycles. The van der Waals surface area contributed by atoms with E-state index in [1.807, 2.05) is 0 Å². The van der Waals surface area contributed by atoms with Crippen LogP contribution in [0.4, 0.5) is 5.69 Å². The number of carbonyl (C=O) groups excluding carboxylic acids is 1. The van der Waals surface area contributed by atoms with E-state index in [2.05, 4.69) is 37.2 Å². The Balaban J connectivity index is 1.98. The lowest BCUT2D eigenvalue weighted by Crippen LogP contribution is -2.20. The molecule has 22 heavy (non-hydrogen) atoms. The molecule has 0 spiro atoms. The van der Waals surface area contributed by atoms with Gasteiger partial charge in [-0.25, -0.2) is 4.79 Å². The molecule has 3 aromatic rings. The summed E-state index contributed by atoms with van der Waals surface area (Å²) in [4.78, 5) is 24.2. The van der Waals surface area contributed by atoms with Gasteiger partial charge in [0.15, 0.2) is 0 Å². The minimum absolute atomic E-state index is 0.0338. The fourth-order valence-electron chi connectivity index (χ4n) is 1.98. The predicted octanol–water partition coefficient (Wildman–Crippen LogP) is 4.57. The molecular formula is C16H9Br2NO3. The molecule has 6 heteroatoms. The van der Waals surface area contributed by atoms with E-state index in [4.69, 9.17) is 4.42 Å². The van der Waals surface area contributed by atoms with Crippen molar-refractivity contribution in [3.63, 3.8) is 0 Å². The molecule has 0 aliphatic heterocycles. The summed E-state index contributed by atoms with van der Waals surface area (Å²) in [5, 5.41) is 3.35. The van der Waals surface area contributed by atoms with Crippen molar-refractivity contribution in [1.82, 2.24) is 0 Å². The second kappa shape index (κ2) is 6.06. The Morgan fingerprint density at radius 3 is 2.36 bits per heavy atom. The second-order valence-electron chi connectivity index (χ2n) is 4.59. The van der Waals surface area contributed by atoms with E-state index in [1.54, 1.807) is 42.5 Å². The van der Waals surface area contributed by atoms with Gasteiger partial charge in [-0.15, -0.1) is 0 Å². The summed E-state index contributed by atoms with van der Waals surface area (Å²) in [6.45, 7) is 0. The van der Waals surface area contributed by atoms with Gasteiger partial charge >= 0.3 is 5.63 Å². The maximum absolute atomic E-state index is 12.3. The highest BCUT2D eigenvalue weighted by Gasteiger charge is 2.14. The summed E-state index contributed by atoms with van der Waals surface area (Å²) >= 11 is 6.67. The zero-order valence-corrected chi connectivity index (χ0v) is 14.3. The zero-order valence-electron chi connectivity index (χ0n) is 11.1. The summed E-state index contributed by atoms with van der Waals surface area (Å²) in [6.07, 6.45) is 0. The van der Waals surface area contributed by atoms with Crippen LogP contribution in [0.5, 0.6) is 0 Å². The number of hydrogen-bond acceptors (Lipinski definition) is 3. The number of halogens is 2. The smallest absolute Gasteiger partial charge is 0.349 e. The number of anilines is 1. The van der Waals surface area contributed by atoms with Crippen molar-refractivity contribution in [1.29, 1.82) is 0 Å². The van der Waals surface area contributed by atoms with Gasteiger partial charge in [0.1, 0.15) is 11.1 Å². The van der Waals surface area contributed by atoms with Gasteiger partial charge in [0, 0.05) is 20.0 Å². The van der Waals surface area contributed by atoms with E-state index >= 15 is 0 Å². The summed E-state index contributed by atoms with van der Waals surface area (Å²) in [6, 6.07) is 13.8. The van der Waals surface area contributed by atoms with Crippen LogP contribution in [-0.4, -0.2) is 5.91 Å². The van der Waals surface area contributed by atoms with Crippen LogP contribution in [0.15, 0.2) is 66.7 Å². The highest BCUT2D eigenvalue weighted by molar-refractivity contribution is 9.10. The van der Waals surface area contributed by atoms with E-state index in [0.717, 1.165) is 8.95 Å². The lowest BCUT2D eigenvalue weighted by atomic mass is 10.1. The van der Waals surface area contributed by atoms with Crippen LogP contribution >= 0.6 is 31.9 Å². The van der Waals surface area contributed by atoms with Crippen LogP contribution in [-0.2, 0) is 0 Å². The molecule has 0 unspecified atom stereocenters. The first kappa shape index (κ1) is 15.0. The van der Waals surface area contributed by atoms with Crippen LogP contribution in [0.3, 0.4) is 0 Å². The van der Waals surface area contributed by atoms with Gasteiger partial charge < -0.3 is 9.73 Å². The Labute approximate surface area is 142 Å². The Bertz CT molecular complexity index is 917. The molecule has 1 N–H and O–H groups in total. The maximum Gasteiger partial charge on any atom is 0.349 e. The number of carbonyl (C=O) groups is 1. The second-order valence-corrected chi connectivity index (χ2v) is 6.42. The van der Waals surface area contributed by atoms with Crippen molar-refractivity contribution in [3.05, 3.63) is 73.5 Å². The molecule has 3 rings (SSSR count). The normalized spacial score (nSPS) is 10.6. The SMILES string of the molecule is O=C(Nc1ccc(Br)cc1)c1cc2cc(Br)ccc2oc1=O.